The van der Waals surface area contributed by atoms with Gasteiger partial charge in [-0.05, 0) is 41.0 Å². The minimum atomic E-state index is -0.181. The lowest BCUT2D eigenvalue weighted by atomic mass is 10.4. The molecule has 0 spiro atoms. The maximum atomic E-state index is 11.4. The molecule has 0 aliphatic heterocycles. The van der Waals surface area contributed by atoms with E-state index in [9.17, 15) is 4.79 Å². The van der Waals surface area contributed by atoms with Crippen molar-refractivity contribution >= 4 is 34.2 Å². The molecule has 6 heteroatoms. The Balaban J connectivity index is 0.00000225. The third-order valence-electron chi connectivity index (χ3n) is 1.81. The molecule has 0 unspecified atom stereocenters. The quantitative estimate of drug-likeness (QED) is 0.792. The summed E-state index contributed by atoms with van der Waals surface area (Å²) in [6, 6.07) is 3.34. The number of halogens is 2. The Morgan fingerprint density at radius 3 is 2.69 bits per heavy atom. The highest BCUT2D eigenvalue weighted by Gasteiger charge is 2.08. The van der Waals surface area contributed by atoms with Crippen LogP contribution in [0, 0.1) is 0 Å². The lowest BCUT2D eigenvalue weighted by Crippen LogP contribution is -2.31. The minimum Gasteiger partial charge on any atom is -0.444 e. The molecule has 0 atom stereocenters. The van der Waals surface area contributed by atoms with E-state index < -0.39 is 0 Å². The van der Waals surface area contributed by atoms with Crippen LogP contribution in [-0.4, -0.2) is 25.5 Å². The van der Waals surface area contributed by atoms with Crippen molar-refractivity contribution in [2.45, 2.75) is 13.3 Å². The third kappa shape index (κ3) is 5.53. The van der Waals surface area contributed by atoms with Gasteiger partial charge in [0.1, 0.15) is 0 Å². The maximum Gasteiger partial charge on any atom is 0.287 e. The van der Waals surface area contributed by atoms with Crippen molar-refractivity contribution in [3.63, 3.8) is 0 Å². The van der Waals surface area contributed by atoms with Gasteiger partial charge in [-0.15, -0.1) is 12.4 Å². The highest BCUT2D eigenvalue weighted by molar-refractivity contribution is 9.10. The van der Waals surface area contributed by atoms with E-state index in [0.717, 1.165) is 19.5 Å². The lowest BCUT2D eigenvalue weighted by Gasteiger charge is -2.03. The van der Waals surface area contributed by atoms with E-state index in [4.69, 9.17) is 4.42 Å². The van der Waals surface area contributed by atoms with Crippen LogP contribution in [0.4, 0.5) is 0 Å². The molecule has 1 rings (SSSR count). The molecule has 1 amide bonds. The van der Waals surface area contributed by atoms with E-state index in [1.165, 1.54) is 0 Å². The molecule has 92 valence electrons. The molecule has 1 aromatic heterocycles. The molecule has 4 nitrogen and oxygen atoms in total. The first-order valence-electron chi connectivity index (χ1n) is 4.98. The first kappa shape index (κ1) is 15.5. The van der Waals surface area contributed by atoms with Gasteiger partial charge >= 0.3 is 0 Å². The second-order valence-corrected chi connectivity index (χ2v) is 3.89. The van der Waals surface area contributed by atoms with Crippen molar-refractivity contribution in [3.05, 3.63) is 22.6 Å². The summed E-state index contributed by atoms with van der Waals surface area (Å²) >= 11 is 3.14. The summed E-state index contributed by atoms with van der Waals surface area (Å²) in [6.45, 7) is 4.47. The number of carbonyl (C=O) groups excluding carboxylic acids is 1. The Morgan fingerprint density at radius 1 is 1.38 bits per heavy atom. The lowest BCUT2D eigenvalue weighted by molar-refractivity contribution is 0.0925. The molecule has 0 saturated carbocycles. The predicted molar refractivity (Wildman–Crippen MR) is 69.1 cm³/mol. The van der Waals surface area contributed by atoms with Gasteiger partial charge in [0.2, 0.25) is 0 Å². The van der Waals surface area contributed by atoms with E-state index >= 15 is 0 Å². The first-order valence-corrected chi connectivity index (χ1v) is 5.77. The number of amides is 1. The number of rotatable bonds is 6. The fraction of sp³-hybridized carbons (Fsp3) is 0.500. The van der Waals surface area contributed by atoms with Crippen LogP contribution in [0.25, 0.3) is 0 Å². The van der Waals surface area contributed by atoms with E-state index in [1.54, 1.807) is 12.1 Å². The average Bonchev–Trinajstić information content (AvgIpc) is 2.64. The van der Waals surface area contributed by atoms with E-state index in [1.807, 2.05) is 0 Å². The molecule has 2 N–H and O–H groups in total. The normalized spacial score (nSPS) is 9.62. The molecule has 0 fully saturated rings. The molecule has 1 aromatic rings. The summed E-state index contributed by atoms with van der Waals surface area (Å²) in [6.07, 6.45) is 1.10. The summed E-state index contributed by atoms with van der Waals surface area (Å²) in [5.41, 5.74) is 0. The van der Waals surface area contributed by atoms with Gasteiger partial charge < -0.3 is 15.1 Å². The second-order valence-electron chi connectivity index (χ2n) is 3.11. The van der Waals surface area contributed by atoms with E-state index in [-0.39, 0.29) is 18.3 Å². The van der Waals surface area contributed by atoms with Gasteiger partial charge in [0.15, 0.2) is 10.4 Å². The Kier molecular flexibility index (Phi) is 8.33. The Bertz CT molecular complexity index is 318. The zero-order chi connectivity index (χ0) is 11.1. The van der Waals surface area contributed by atoms with Gasteiger partial charge in [-0.2, -0.15) is 0 Å². The summed E-state index contributed by atoms with van der Waals surface area (Å²) in [4.78, 5) is 11.4. The van der Waals surface area contributed by atoms with Crippen molar-refractivity contribution in [1.82, 2.24) is 10.6 Å². The summed E-state index contributed by atoms with van der Waals surface area (Å²) in [5, 5.41) is 5.95. The Labute approximate surface area is 110 Å². The van der Waals surface area contributed by atoms with Crippen LogP contribution in [0.3, 0.4) is 0 Å². The van der Waals surface area contributed by atoms with Crippen molar-refractivity contribution in [1.29, 1.82) is 0 Å². The van der Waals surface area contributed by atoms with Crippen LogP contribution in [-0.2, 0) is 0 Å². The first-order chi connectivity index (χ1) is 7.24. The van der Waals surface area contributed by atoms with Gasteiger partial charge in [0, 0.05) is 13.1 Å². The van der Waals surface area contributed by atoms with Crippen LogP contribution in [0.5, 0.6) is 0 Å². The van der Waals surface area contributed by atoms with Crippen LogP contribution in [0.1, 0.15) is 23.9 Å². The fourth-order valence-electron chi connectivity index (χ4n) is 1.09. The SMILES string of the molecule is CCCNCCNC(=O)c1ccc(Br)o1.Cl. The number of hydrogen-bond donors (Lipinski definition) is 2. The molecule has 0 bridgehead atoms. The van der Waals surface area contributed by atoms with Crippen molar-refractivity contribution in [2.24, 2.45) is 0 Å². The van der Waals surface area contributed by atoms with Gasteiger partial charge in [-0.3, -0.25) is 4.79 Å². The molecule has 0 aromatic carbocycles. The maximum absolute atomic E-state index is 11.4. The van der Waals surface area contributed by atoms with Crippen molar-refractivity contribution in [2.75, 3.05) is 19.6 Å². The number of hydrogen-bond acceptors (Lipinski definition) is 3. The molecule has 0 aliphatic rings. The van der Waals surface area contributed by atoms with Gasteiger partial charge in [-0.1, -0.05) is 6.92 Å². The number of carbonyl (C=O) groups is 1. The molecule has 0 saturated heterocycles. The standard InChI is InChI=1S/C10H15BrN2O2.ClH/c1-2-5-12-6-7-13-10(14)8-3-4-9(11)15-8;/h3-4,12H,2,5-7H2,1H3,(H,13,14);1H. The second kappa shape index (κ2) is 8.61. The molecule has 0 aliphatic carbocycles. The Morgan fingerprint density at radius 2 is 2.12 bits per heavy atom. The van der Waals surface area contributed by atoms with Gasteiger partial charge in [0.05, 0.1) is 0 Å². The number of furan rings is 1. The summed E-state index contributed by atoms with van der Waals surface area (Å²) in [7, 11) is 0. The highest BCUT2D eigenvalue weighted by Crippen LogP contribution is 2.13. The summed E-state index contributed by atoms with van der Waals surface area (Å²) in [5.74, 6) is 0.149. The van der Waals surface area contributed by atoms with Crippen molar-refractivity contribution in [3.8, 4) is 0 Å². The zero-order valence-corrected chi connectivity index (χ0v) is 11.5. The Hall–Kier alpha value is -0.520. The van der Waals surface area contributed by atoms with Crippen molar-refractivity contribution < 1.29 is 9.21 Å². The molecular weight excluding hydrogens is 295 g/mol. The number of nitrogens with one attached hydrogen (secondary N) is 2. The van der Waals surface area contributed by atoms with E-state index in [0.29, 0.717) is 17.0 Å². The molecule has 16 heavy (non-hydrogen) atoms. The predicted octanol–water partition coefficient (Wildman–Crippen LogP) is 2.19. The smallest absolute Gasteiger partial charge is 0.287 e. The minimum absolute atomic E-state index is 0. The van der Waals surface area contributed by atoms with Crippen LogP contribution < -0.4 is 10.6 Å². The van der Waals surface area contributed by atoms with Gasteiger partial charge in [0.25, 0.3) is 5.91 Å². The van der Waals surface area contributed by atoms with Crippen LogP contribution in [0.2, 0.25) is 0 Å². The monoisotopic (exact) mass is 310 g/mol. The third-order valence-corrected chi connectivity index (χ3v) is 2.24. The van der Waals surface area contributed by atoms with E-state index in [2.05, 4.69) is 33.5 Å². The van der Waals surface area contributed by atoms with Gasteiger partial charge in [-0.25, -0.2) is 0 Å². The fourth-order valence-corrected chi connectivity index (χ4v) is 1.40. The topological polar surface area (TPSA) is 54.3 Å². The summed E-state index contributed by atoms with van der Waals surface area (Å²) < 4.78 is 5.67. The molecule has 0 radical (unpaired) electrons. The largest absolute Gasteiger partial charge is 0.444 e. The highest BCUT2D eigenvalue weighted by atomic mass is 79.9. The average molecular weight is 312 g/mol. The molecule has 1 heterocycles. The zero-order valence-electron chi connectivity index (χ0n) is 9.09. The van der Waals surface area contributed by atoms with Crippen LogP contribution in [0.15, 0.2) is 21.2 Å². The van der Waals surface area contributed by atoms with Crippen LogP contribution >= 0.6 is 28.3 Å². The molecular formula is C10H16BrClN2O2.